The van der Waals surface area contributed by atoms with Crippen LogP contribution in [0.25, 0.3) is 0 Å². The van der Waals surface area contributed by atoms with Gasteiger partial charge < -0.3 is 14.8 Å². The zero-order valence-electron chi connectivity index (χ0n) is 14.7. The first-order valence-electron chi connectivity index (χ1n) is 8.13. The molecule has 0 saturated carbocycles. The van der Waals surface area contributed by atoms with Crippen molar-refractivity contribution >= 4 is 11.9 Å². The second-order valence-corrected chi connectivity index (χ2v) is 5.67. The molecule has 0 unspecified atom stereocenters. The SMILES string of the molecule is CC[C@](CNC(=O)c1ccc(C(=O)OC)cc1)(OC)c1ccccc1. The normalized spacial score (nSPS) is 12.9. The van der Waals surface area contributed by atoms with Crippen LogP contribution in [0.15, 0.2) is 54.6 Å². The molecular formula is C20H23NO4. The lowest BCUT2D eigenvalue weighted by molar-refractivity contribution is -0.0164. The number of hydrogen-bond donors (Lipinski definition) is 1. The summed E-state index contributed by atoms with van der Waals surface area (Å²) >= 11 is 0. The molecule has 1 atom stereocenters. The van der Waals surface area contributed by atoms with Gasteiger partial charge in [-0.25, -0.2) is 4.79 Å². The van der Waals surface area contributed by atoms with Gasteiger partial charge in [-0.05, 0) is 36.2 Å². The first-order valence-corrected chi connectivity index (χ1v) is 8.13. The average molecular weight is 341 g/mol. The minimum absolute atomic E-state index is 0.220. The van der Waals surface area contributed by atoms with Crippen LogP contribution < -0.4 is 5.32 Å². The zero-order valence-corrected chi connectivity index (χ0v) is 14.7. The molecule has 2 aromatic carbocycles. The smallest absolute Gasteiger partial charge is 0.337 e. The first kappa shape index (κ1) is 18.7. The molecule has 0 heterocycles. The number of ether oxygens (including phenoxy) is 2. The van der Waals surface area contributed by atoms with Gasteiger partial charge in [0.1, 0.15) is 5.60 Å². The Balaban J connectivity index is 2.10. The molecule has 5 nitrogen and oxygen atoms in total. The molecule has 0 aromatic heterocycles. The van der Waals surface area contributed by atoms with Gasteiger partial charge in [-0.2, -0.15) is 0 Å². The Morgan fingerprint density at radius 1 is 0.960 bits per heavy atom. The molecular weight excluding hydrogens is 318 g/mol. The number of amides is 1. The van der Waals surface area contributed by atoms with Crippen LogP contribution in [-0.2, 0) is 15.1 Å². The summed E-state index contributed by atoms with van der Waals surface area (Å²) in [5.41, 5.74) is 1.31. The third-order valence-electron chi connectivity index (χ3n) is 4.36. The third kappa shape index (κ3) is 4.25. The standard InChI is InChI=1S/C20H23NO4/c1-4-20(25-3,17-8-6-5-7-9-17)14-21-18(22)15-10-12-16(13-11-15)19(23)24-2/h5-13H,4,14H2,1-3H3,(H,21,22)/t20-/m1/s1. The number of esters is 1. The number of carbonyl (C=O) groups is 2. The predicted octanol–water partition coefficient (Wildman–Crippen LogP) is 3.15. The van der Waals surface area contributed by atoms with Gasteiger partial charge in [-0.15, -0.1) is 0 Å². The summed E-state index contributed by atoms with van der Waals surface area (Å²) in [7, 11) is 2.97. The van der Waals surface area contributed by atoms with Crippen LogP contribution in [0.5, 0.6) is 0 Å². The summed E-state index contributed by atoms with van der Waals surface area (Å²) in [6.45, 7) is 2.37. The second-order valence-electron chi connectivity index (χ2n) is 5.67. The Hall–Kier alpha value is -2.66. The van der Waals surface area contributed by atoms with E-state index in [1.54, 1.807) is 31.4 Å². The molecule has 0 saturated heterocycles. The summed E-state index contributed by atoms with van der Waals surface area (Å²) in [6, 6.07) is 16.2. The highest BCUT2D eigenvalue weighted by molar-refractivity contribution is 5.96. The van der Waals surface area contributed by atoms with E-state index in [9.17, 15) is 9.59 Å². The van der Waals surface area contributed by atoms with Crippen LogP contribution >= 0.6 is 0 Å². The minimum atomic E-state index is -0.580. The maximum absolute atomic E-state index is 12.4. The minimum Gasteiger partial charge on any atom is -0.465 e. The Kier molecular flexibility index (Phi) is 6.31. The Morgan fingerprint density at radius 3 is 2.08 bits per heavy atom. The van der Waals surface area contributed by atoms with Crippen molar-refractivity contribution in [2.24, 2.45) is 0 Å². The predicted molar refractivity (Wildman–Crippen MR) is 95.5 cm³/mol. The highest BCUT2D eigenvalue weighted by atomic mass is 16.5. The summed E-state index contributed by atoms with van der Waals surface area (Å²) in [5, 5.41) is 2.92. The van der Waals surface area contributed by atoms with E-state index in [-0.39, 0.29) is 5.91 Å². The molecule has 0 aliphatic heterocycles. The molecule has 1 N–H and O–H groups in total. The van der Waals surface area contributed by atoms with Crippen molar-refractivity contribution in [2.75, 3.05) is 20.8 Å². The Labute approximate surface area is 148 Å². The second kappa shape index (κ2) is 8.44. The summed E-state index contributed by atoms with van der Waals surface area (Å²) in [6.07, 6.45) is 0.717. The van der Waals surface area contributed by atoms with Gasteiger partial charge in [0.2, 0.25) is 0 Å². The quantitative estimate of drug-likeness (QED) is 0.786. The van der Waals surface area contributed by atoms with E-state index in [1.165, 1.54) is 7.11 Å². The van der Waals surface area contributed by atoms with Crippen molar-refractivity contribution in [2.45, 2.75) is 18.9 Å². The molecule has 0 radical (unpaired) electrons. The molecule has 0 bridgehead atoms. The largest absolute Gasteiger partial charge is 0.465 e. The summed E-state index contributed by atoms with van der Waals surface area (Å²) < 4.78 is 10.4. The lowest BCUT2D eigenvalue weighted by Gasteiger charge is -2.32. The van der Waals surface area contributed by atoms with Crippen molar-refractivity contribution in [1.29, 1.82) is 0 Å². The monoisotopic (exact) mass is 341 g/mol. The van der Waals surface area contributed by atoms with Crippen molar-refractivity contribution < 1.29 is 19.1 Å². The van der Waals surface area contributed by atoms with E-state index >= 15 is 0 Å². The molecule has 5 heteroatoms. The molecule has 25 heavy (non-hydrogen) atoms. The fourth-order valence-corrected chi connectivity index (χ4v) is 2.71. The van der Waals surface area contributed by atoms with E-state index < -0.39 is 11.6 Å². The fraction of sp³-hybridized carbons (Fsp3) is 0.300. The van der Waals surface area contributed by atoms with Crippen molar-refractivity contribution in [3.63, 3.8) is 0 Å². The van der Waals surface area contributed by atoms with Gasteiger partial charge >= 0.3 is 5.97 Å². The molecule has 0 fully saturated rings. The highest BCUT2D eigenvalue weighted by Crippen LogP contribution is 2.28. The van der Waals surface area contributed by atoms with E-state index in [4.69, 9.17) is 4.74 Å². The van der Waals surface area contributed by atoms with Crippen molar-refractivity contribution in [3.8, 4) is 0 Å². The van der Waals surface area contributed by atoms with Crippen LogP contribution in [0, 0.1) is 0 Å². The first-order chi connectivity index (χ1) is 12.1. The van der Waals surface area contributed by atoms with Crippen molar-refractivity contribution in [1.82, 2.24) is 5.32 Å². The van der Waals surface area contributed by atoms with Crippen LogP contribution in [0.4, 0.5) is 0 Å². The van der Waals surface area contributed by atoms with E-state index in [0.29, 0.717) is 17.7 Å². The van der Waals surface area contributed by atoms with E-state index in [2.05, 4.69) is 10.1 Å². The molecule has 0 spiro atoms. The van der Waals surface area contributed by atoms with Crippen LogP contribution in [0.2, 0.25) is 0 Å². The highest BCUT2D eigenvalue weighted by Gasteiger charge is 2.30. The van der Waals surface area contributed by atoms with Crippen LogP contribution in [-0.4, -0.2) is 32.6 Å². The Bertz CT molecular complexity index is 706. The molecule has 1 amide bonds. The number of methoxy groups -OCH3 is 2. The number of rotatable bonds is 7. The van der Waals surface area contributed by atoms with Gasteiger partial charge in [0.05, 0.1) is 19.2 Å². The Morgan fingerprint density at radius 2 is 1.56 bits per heavy atom. The molecule has 0 aliphatic carbocycles. The van der Waals surface area contributed by atoms with Gasteiger partial charge in [0.15, 0.2) is 0 Å². The maximum Gasteiger partial charge on any atom is 0.337 e. The number of carbonyl (C=O) groups excluding carboxylic acids is 2. The molecule has 2 rings (SSSR count). The van der Waals surface area contributed by atoms with Gasteiger partial charge in [0, 0.05) is 12.7 Å². The topological polar surface area (TPSA) is 64.6 Å². The summed E-state index contributed by atoms with van der Waals surface area (Å²) in [4.78, 5) is 23.9. The number of hydrogen-bond acceptors (Lipinski definition) is 4. The van der Waals surface area contributed by atoms with Gasteiger partial charge in [0.25, 0.3) is 5.91 Å². The molecule has 0 aliphatic rings. The van der Waals surface area contributed by atoms with Gasteiger partial charge in [-0.3, -0.25) is 4.79 Å². The summed E-state index contributed by atoms with van der Waals surface area (Å²) in [5.74, 6) is -0.650. The zero-order chi connectivity index (χ0) is 18.3. The number of nitrogens with one attached hydrogen (secondary N) is 1. The van der Waals surface area contributed by atoms with E-state index in [1.807, 2.05) is 37.3 Å². The molecule has 2 aromatic rings. The number of benzene rings is 2. The lowest BCUT2D eigenvalue weighted by atomic mass is 9.90. The third-order valence-corrected chi connectivity index (χ3v) is 4.36. The van der Waals surface area contributed by atoms with Crippen LogP contribution in [0.1, 0.15) is 39.6 Å². The van der Waals surface area contributed by atoms with E-state index in [0.717, 1.165) is 12.0 Å². The fourth-order valence-electron chi connectivity index (χ4n) is 2.71. The lowest BCUT2D eigenvalue weighted by Crippen LogP contribution is -2.41. The average Bonchev–Trinajstić information content (AvgIpc) is 2.69. The van der Waals surface area contributed by atoms with Gasteiger partial charge in [-0.1, -0.05) is 37.3 Å². The maximum atomic E-state index is 12.4. The van der Waals surface area contributed by atoms with Crippen LogP contribution in [0.3, 0.4) is 0 Å². The molecule has 132 valence electrons. The van der Waals surface area contributed by atoms with Crippen molar-refractivity contribution in [3.05, 3.63) is 71.3 Å².